The van der Waals surface area contributed by atoms with Crippen LogP contribution in [0.3, 0.4) is 0 Å². The minimum Gasteiger partial charge on any atom is -0.394 e. The molecule has 1 aliphatic heterocycles. The molecule has 1 fully saturated rings. The summed E-state index contributed by atoms with van der Waals surface area (Å²) >= 11 is 0. The fourth-order valence-electron chi connectivity index (χ4n) is 1.21. The van der Waals surface area contributed by atoms with Crippen LogP contribution in [0.5, 0.6) is 0 Å². The molecule has 66 valence electrons. The van der Waals surface area contributed by atoms with E-state index in [1.807, 2.05) is 0 Å². The molecule has 5 N–H and O–H groups in total. The van der Waals surface area contributed by atoms with E-state index >= 15 is 0 Å². The lowest BCUT2D eigenvalue weighted by Gasteiger charge is -2.19. The molecule has 0 aliphatic carbocycles. The summed E-state index contributed by atoms with van der Waals surface area (Å²) in [6.07, 6.45) is -2.85. The first kappa shape index (κ1) is 8.89. The number of β-amino-alcohol motifs (C(OH)–C–C–N with tert-alkyl or cyclic N) is 1. The summed E-state index contributed by atoms with van der Waals surface area (Å²) in [5.41, 5.74) is 0. The van der Waals surface area contributed by atoms with Crippen molar-refractivity contribution in [1.29, 1.82) is 0 Å². The Kier molecular flexibility index (Phi) is 2.80. The monoisotopic (exact) mass is 163 g/mol. The zero-order valence-corrected chi connectivity index (χ0v) is 6.01. The molecule has 5 nitrogen and oxygen atoms in total. The number of hydrogen-bond acceptors (Lipinski definition) is 5. The Hall–Kier alpha value is -0.200. The van der Waals surface area contributed by atoms with Gasteiger partial charge >= 0.3 is 0 Å². The van der Waals surface area contributed by atoms with Gasteiger partial charge in [-0.05, 0) is 0 Å². The summed E-state index contributed by atoms with van der Waals surface area (Å²) in [4.78, 5) is 0. The van der Waals surface area contributed by atoms with Gasteiger partial charge in [-0.2, -0.15) is 0 Å². The van der Waals surface area contributed by atoms with Crippen LogP contribution in [0.1, 0.15) is 0 Å². The Morgan fingerprint density at radius 2 is 2.09 bits per heavy atom. The smallest absolute Gasteiger partial charge is 0.0990 e. The molecule has 0 unspecified atom stereocenters. The highest BCUT2D eigenvalue weighted by Crippen LogP contribution is 2.10. The number of nitrogens with one attached hydrogen (secondary N) is 1. The molecule has 1 heterocycles. The van der Waals surface area contributed by atoms with Crippen LogP contribution >= 0.6 is 0 Å². The Labute approximate surface area is 64.3 Å². The van der Waals surface area contributed by atoms with Crippen molar-refractivity contribution in [1.82, 2.24) is 5.32 Å². The third-order valence-electron chi connectivity index (χ3n) is 1.93. The third kappa shape index (κ3) is 1.69. The Morgan fingerprint density at radius 3 is 2.45 bits per heavy atom. The normalized spacial score (nSPS) is 40.9. The highest BCUT2D eigenvalue weighted by molar-refractivity contribution is 4.94. The molecule has 0 saturated carbocycles. The predicted molar refractivity (Wildman–Crippen MR) is 36.9 cm³/mol. The van der Waals surface area contributed by atoms with Crippen molar-refractivity contribution >= 4 is 0 Å². The molecule has 0 aromatic carbocycles. The molecule has 0 amide bonds. The summed E-state index contributed by atoms with van der Waals surface area (Å²) < 4.78 is 0. The molecular weight excluding hydrogens is 150 g/mol. The lowest BCUT2D eigenvalue weighted by Crippen LogP contribution is -2.44. The summed E-state index contributed by atoms with van der Waals surface area (Å²) in [6, 6.07) is -0.616. The standard InChI is InChI=1S/C6H13NO4/c8-2-4(10)5-6(11)3(9)1-7-5/h3-11H,1-2H2/t3-,4+,5-,6+/m0/s1. The fraction of sp³-hybridized carbons (Fsp3) is 1.00. The number of aliphatic hydroxyl groups excluding tert-OH is 4. The van der Waals surface area contributed by atoms with Gasteiger partial charge in [-0.1, -0.05) is 0 Å². The fourth-order valence-corrected chi connectivity index (χ4v) is 1.21. The van der Waals surface area contributed by atoms with Gasteiger partial charge in [-0.15, -0.1) is 0 Å². The van der Waals surface area contributed by atoms with Crippen LogP contribution in [0.4, 0.5) is 0 Å². The second-order valence-corrected chi connectivity index (χ2v) is 2.74. The van der Waals surface area contributed by atoms with Crippen molar-refractivity contribution in [3.8, 4) is 0 Å². The largest absolute Gasteiger partial charge is 0.394 e. The van der Waals surface area contributed by atoms with Gasteiger partial charge in [0, 0.05) is 6.54 Å². The van der Waals surface area contributed by atoms with E-state index in [4.69, 9.17) is 15.3 Å². The molecule has 5 heteroatoms. The quantitative estimate of drug-likeness (QED) is 0.300. The Morgan fingerprint density at radius 1 is 1.45 bits per heavy atom. The molecule has 0 aromatic heterocycles. The highest BCUT2D eigenvalue weighted by atomic mass is 16.3. The summed E-state index contributed by atoms with van der Waals surface area (Å²) in [5, 5.41) is 38.5. The van der Waals surface area contributed by atoms with E-state index in [0.717, 1.165) is 0 Å². The lowest BCUT2D eigenvalue weighted by atomic mass is 10.1. The van der Waals surface area contributed by atoms with Gasteiger partial charge in [0.2, 0.25) is 0 Å². The maximum Gasteiger partial charge on any atom is 0.0990 e. The molecular formula is C6H13NO4. The molecule has 4 atom stereocenters. The number of hydrogen-bond donors (Lipinski definition) is 5. The molecule has 1 saturated heterocycles. The Bertz CT molecular complexity index is 132. The van der Waals surface area contributed by atoms with Crippen molar-refractivity contribution in [2.75, 3.05) is 13.2 Å². The Balaban J connectivity index is 2.47. The van der Waals surface area contributed by atoms with E-state index in [0.29, 0.717) is 0 Å². The van der Waals surface area contributed by atoms with Crippen molar-refractivity contribution in [3.63, 3.8) is 0 Å². The molecule has 0 spiro atoms. The zero-order valence-electron chi connectivity index (χ0n) is 6.01. The van der Waals surface area contributed by atoms with Crippen LogP contribution in [0.15, 0.2) is 0 Å². The van der Waals surface area contributed by atoms with Gasteiger partial charge in [-0.3, -0.25) is 0 Å². The summed E-state index contributed by atoms with van der Waals surface area (Å²) in [6.45, 7) is -0.162. The second kappa shape index (κ2) is 3.46. The van der Waals surface area contributed by atoms with Crippen molar-refractivity contribution in [2.24, 2.45) is 0 Å². The van der Waals surface area contributed by atoms with Gasteiger partial charge in [-0.25, -0.2) is 0 Å². The average Bonchev–Trinajstić information content (AvgIpc) is 2.32. The second-order valence-electron chi connectivity index (χ2n) is 2.74. The highest BCUT2D eigenvalue weighted by Gasteiger charge is 2.36. The van der Waals surface area contributed by atoms with Gasteiger partial charge in [0.15, 0.2) is 0 Å². The molecule has 0 radical (unpaired) electrons. The third-order valence-corrected chi connectivity index (χ3v) is 1.93. The SMILES string of the molecule is OC[C@@H](O)[C@@H]1NC[C@H](O)[C@H]1O. The molecule has 0 bridgehead atoms. The minimum absolute atomic E-state index is 0.253. The van der Waals surface area contributed by atoms with E-state index in [9.17, 15) is 5.11 Å². The van der Waals surface area contributed by atoms with E-state index in [1.54, 1.807) is 0 Å². The average molecular weight is 163 g/mol. The van der Waals surface area contributed by atoms with Gasteiger partial charge in [0.05, 0.1) is 31.0 Å². The van der Waals surface area contributed by atoms with E-state index < -0.39 is 31.0 Å². The topological polar surface area (TPSA) is 93.0 Å². The van der Waals surface area contributed by atoms with Crippen LogP contribution in [-0.2, 0) is 0 Å². The minimum atomic E-state index is -1.01. The molecule has 1 aliphatic rings. The number of rotatable bonds is 2. The van der Waals surface area contributed by atoms with Crippen molar-refractivity contribution in [3.05, 3.63) is 0 Å². The summed E-state index contributed by atoms with van der Waals surface area (Å²) in [7, 11) is 0. The lowest BCUT2D eigenvalue weighted by molar-refractivity contribution is -0.00977. The van der Waals surface area contributed by atoms with Gasteiger partial charge in [0.1, 0.15) is 0 Å². The van der Waals surface area contributed by atoms with E-state index in [2.05, 4.69) is 5.32 Å². The van der Waals surface area contributed by atoms with Crippen LogP contribution < -0.4 is 5.32 Å². The molecule has 1 rings (SSSR count). The molecule has 0 aromatic rings. The van der Waals surface area contributed by atoms with Crippen molar-refractivity contribution < 1.29 is 20.4 Å². The van der Waals surface area contributed by atoms with Crippen LogP contribution in [-0.4, -0.2) is 57.9 Å². The van der Waals surface area contributed by atoms with Crippen LogP contribution in [0, 0.1) is 0 Å². The van der Waals surface area contributed by atoms with E-state index in [-0.39, 0.29) is 6.54 Å². The summed E-state index contributed by atoms with van der Waals surface area (Å²) in [5.74, 6) is 0. The molecule has 11 heavy (non-hydrogen) atoms. The zero-order chi connectivity index (χ0) is 8.43. The predicted octanol–water partition coefficient (Wildman–Crippen LogP) is -2.97. The first-order valence-electron chi connectivity index (χ1n) is 3.55. The van der Waals surface area contributed by atoms with E-state index in [1.165, 1.54) is 0 Å². The first-order chi connectivity index (χ1) is 5.16. The first-order valence-corrected chi connectivity index (χ1v) is 3.55. The van der Waals surface area contributed by atoms with Crippen LogP contribution in [0.25, 0.3) is 0 Å². The maximum absolute atomic E-state index is 9.18. The van der Waals surface area contributed by atoms with Gasteiger partial charge < -0.3 is 25.7 Å². The van der Waals surface area contributed by atoms with Gasteiger partial charge in [0.25, 0.3) is 0 Å². The van der Waals surface area contributed by atoms with Crippen LogP contribution in [0.2, 0.25) is 0 Å². The number of aliphatic hydroxyl groups is 4. The van der Waals surface area contributed by atoms with Crippen molar-refractivity contribution in [2.45, 2.75) is 24.4 Å². The maximum atomic E-state index is 9.18.